The van der Waals surface area contributed by atoms with Crippen molar-refractivity contribution in [2.24, 2.45) is 0 Å². The van der Waals surface area contributed by atoms with Gasteiger partial charge in [0.15, 0.2) is 0 Å². The standard InChI is InChI=1S/C19H20ClN3O3S/c20-16-9-7-15(8-10-16)11-14-27(25,26)22-18-6-2-1-5-17(18)21-19(24)23-12-3-4-13-23/h1-2,5-11,14,22H,3-4,12-13H2,(H,21,24)/b14-11+. The summed E-state index contributed by atoms with van der Waals surface area (Å²) in [5.41, 5.74) is 1.43. The monoisotopic (exact) mass is 405 g/mol. The summed E-state index contributed by atoms with van der Waals surface area (Å²) < 4.78 is 27.3. The van der Waals surface area contributed by atoms with Crippen LogP contribution in [0.25, 0.3) is 6.08 Å². The number of halogens is 1. The number of rotatable bonds is 5. The number of hydrogen-bond acceptors (Lipinski definition) is 3. The van der Waals surface area contributed by atoms with Gasteiger partial charge in [0.2, 0.25) is 0 Å². The summed E-state index contributed by atoms with van der Waals surface area (Å²) in [5.74, 6) is 0. The predicted molar refractivity (Wildman–Crippen MR) is 109 cm³/mol. The molecule has 3 rings (SSSR count). The van der Waals surface area contributed by atoms with E-state index in [1.807, 2.05) is 0 Å². The van der Waals surface area contributed by atoms with Gasteiger partial charge in [0, 0.05) is 18.1 Å². The van der Waals surface area contributed by atoms with E-state index in [9.17, 15) is 13.2 Å². The van der Waals surface area contributed by atoms with Crippen molar-refractivity contribution in [3.8, 4) is 0 Å². The number of benzene rings is 2. The lowest BCUT2D eigenvalue weighted by molar-refractivity contribution is 0.222. The molecule has 1 aliphatic rings. The molecule has 1 saturated heterocycles. The van der Waals surface area contributed by atoms with Crippen LogP contribution in [-0.4, -0.2) is 32.4 Å². The number of nitrogens with one attached hydrogen (secondary N) is 2. The molecule has 2 aromatic carbocycles. The molecule has 2 aromatic rings. The number of para-hydroxylation sites is 2. The molecular formula is C19H20ClN3O3S. The highest BCUT2D eigenvalue weighted by Crippen LogP contribution is 2.24. The first-order chi connectivity index (χ1) is 12.9. The highest BCUT2D eigenvalue weighted by Gasteiger charge is 2.19. The summed E-state index contributed by atoms with van der Waals surface area (Å²) in [7, 11) is -3.75. The number of amides is 2. The Morgan fingerprint density at radius 2 is 1.63 bits per heavy atom. The highest BCUT2D eigenvalue weighted by molar-refractivity contribution is 7.95. The van der Waals surface area contributed by atoms with Gasteiger partial charge < -0.3 is 10.2 Å². The van der Waals surface area contributed by atoms with Gasteiger partial charge in [-0.15, -0.1) is 0 Å². The van der Waals surface area contributed by atoms with Crippen LogP contribution in [0.1, 0.15) is 18.4 Å². The summed E-state index contributed by atoms with van der Waals surface area (Å²) in [6.07, 6.45) is 3.44. The topological polar surface area (TPSA) is 78.5 Å². The van der Waals surface area contributed by atoms with Gasteiger partial charge in [-0.3, -0.25) is 4.72 Å². The van der Waals surface area contributed by atoms with Gasteiger partial charge in [-0.25, -0.2) is 13.2 Å². The Hall–Kier alpha value is -2.51. The molecule has 1 heterocycles. The molecule has 0 radical (unpaired) electrons. The zero-order valence-corrected chi connectivity index (χ0v) is 16.1. The molecule has 27 heavy (non-hydrogen) atoms. The summed E-state index contributed by atoms with van der Waals surface area (Å²) in [5, 5.41) is 4.43. The maximum absolute atomic E-state index is 12.4. The Kier molecular flexibility index (Phi) is 6.03. The Bertz CT molecular complexity index is 937. The zero-order chi connectivity index (χ0) is 19.3. The largest absolute Gasteiger partial charge is 0.325 e. The van der Waals surface area contributed by atoms with E-state index in [-0.39, 0.29) is 6.03 Å². The molecule has 0 aliphatic carbocycles. The lowest BCUT2D eigenvalue weighted by Crippen LogP contribution is -2.32. The molecule has 0 atom stereocenters. The molecule has 0 spiro atoms. The van der Waals surface area contributed by atoms with Crippen LogP contribution in [-0.2, 0) is 10.0 Å². The van der Waals surface area contributed by atoms with Crippen molar-refractivity contribution in [3.63, 3.8) is 0 Å². The molecular weight excluding hydrogens is 386 g/mol. The number of carbonyl (C=O) groups excluding carboxylic acids is 1. The molecule has 0 aromatic heterocycles. The maximum Gasteiger partial charge on any atom is 0.321 e. The average Bonchev–Trinajstić information content (AvgIpc) is 3.18. The average molecular weight is 406 g/mol. The van der Waals surface area contributed by atoms with Gasteiger partial charge in [-0.1, -0.05) is 35.9 Å². The fourth-order valence-electron chi connectivity index (χ4n) is 2.72. The van der Waals surface area contributed by atoms with Crippen molar-refractivity contribution in [1.82, 2.24) is 4.90 Å². The number of anilines is 2. The number of likely N-dealkylation sites (tertiary alicyclic amines) is 1. The Morgan fingerprint density at radius 3 is 2.30 bits per heavy atom. The van der Waals surface area contributed by atoms with Gasteiger partial charge in [0.1, 0.15) is 0 Å². The van der Waals surface area contributed by atoms with Gasteiger partial charge in [-0.05, 0) is 48.7 Å². The fraction of sp³-hybridized carbons (Fsp3) is 0.211. The molecule has 142 valence electrons. The van der Waals surface area contributed by atoms with Crippen LogP contribution < -0.4 is 10.0 Å². The first kappa shape index (κ1) is 19.3. The Balaban J connectivity index is 1.72. The molecule has 1 aliphatic heterocycles. The van der Waals surface area contributed by atoms with E-state index >= 15 is 0 Å². The third kappa shape index (κ3) is 5.48. The molecule has 6 nitrogen and oxygen atoms in total. The van der Waals surface area contributed by atoms with E-state index in [0.717, 1.165) is 18.2 Å². The van der Waals surface area contributed by atoms with Crippen molar-refractivity contribution < 1.29 is 13.2 Å². The van der Waals surface area contributed by atoms with Crippen molar-refractivity contribution in [3.05, 3.63) is 64.5 Å². The molecule has 0 bridgehead atoms. The van der Waals surface area contributed by atoms with Gasteiger partial charge in [0.25, 0.3) is 10.0 Å². The van der Waals surface area contributed by atoms with E-state index in [1.165, 1.54) is 6.08 Å². The van der Waals surface area contributed by atoms with Crippen molar-refractivity contribution >= 4 is 45.1 Å². The van der Waals surface area contributed by atoms with Crippen molar-refractivity contribution in [2.75, 3.05) is 23.1 Å². The number of carbonyl (C=O) groups is 1. The number of sulfonamides is 1. The second-order valence-corrected chi connectivity index (χ2v) is 8.17. The van der Waals surface area contributed by atoms with Gasteiger partial charge >= 0.3 is 6.03 Å². The third-order valence-corrected chi connectivity index (χ3v) is 5.37. The Labute approximate surface area is 163 Å². The van der Waals surface area contributed by atoms with Crippen molar-refractivity contribution in [2.45, 2.75) is 12.8 Å². The lowest BCUT2D eigenvalue weighted by Gasteiger charge is -2.18. The second-order valence-electron chi connectivity index (χ2n) is 6.17. The highest BCUT2D eigenvalue weighted by atomic mass is 35.5. The second kappa shape index (κ2) is 8.45. The molecule has 1 fully saturated rings. The van der Waals surface area contributed by atoms with Gasteiger partial charge in [0.05, 0.1) is 16.8 Å². The van der Waals surface area contributed by atoms with Crippen LogP contribution in [0.15, 0.2) is 53.9 Å². The predicted octanol–water partition coefficient (Wildman–Crippen LogP) is 4.38. The minimum Gasteiger partial charge on any atom is -0.325 e. The smallest absolute Gasteiger partial charge is 0.321 e. The van der Waals surface area contributed by atoms with Crippen LogP contribution in [0.5, 0.6) is 0 Å². The van der Waals surface area contributed by atoms with E-state index in [1.54, 1.807) is 53.4 Å². The van der Waals surface area contributed by atoms with E-state index < -0.39 is 10.0 Å². The SMILES string of the molecule is O=C(Nc1ccccc1NS(=O)(=O)/C=C/c1ccc(Cl)cc1)N1CCCC1. The minimum atomic E-state index is -3.75. The third-order valence-electron chi connectivity index (χ3n) is 4.12. The normalized spacial score (nSPS) is 14.5. The van der Waals surface area contributed by atoms with Crippen LogP contribution >= 0.6 is 11.6 Å². The van der Waals surface area contributed by atoms with E-state index in [0.29, 0.717) is 35.1 Å². The first-order valence-corrected chi connectivity index (χ1v) is 10.5. The van der Waals surface area contributed by atoms with Crippen LogP contribution in [0, 0.1) is 0 Å². The summed E-state index contributed by atoms with van der Waals surface area (Å²) >= 11 is 5.82. The Morgan fingerprint density at radius 1 is 1.00 bits per heavy atom. The quantitative estimate of drug-likeness (QED) is 0.774. The maximum atomic E-state index is 12.4. The summed E-state index contributed by atoms with van der Waals surface area (Å²) in [6.45, 7) is 1.42. The lowest BCUT2D eigenvalue weighted by atomic mass is 10.2. The van der Waals surface area contributed by atoms with Crippen LogP contribution in [0.2, 0.25) is 5.02 Å². The first-order valence-electron chi connectivity index (χ1n) is 8.54. The number of nitrogens with zero attached hydrogens (tertiary/aromatic N) is 1. The minimum absolute atomic E-state index is 0.226. The molecule has 0 saturated carbocycles. The molecule has 2 amide bonds. The van der Waals surface area contributed by atoms with E-state index in [2.05, 4.69) is 10.0 Å². The fourth-order valence-corrected chi connectivity index (χ4v) is 3.74. The van der Waals surface area contributed by atoms with Crippen LogP contribution in [0.3, 0.4) is 0 Å². The number of hydrogen-bond donors (Lipinski definition) is 2. The summed E-state index contributed by atoms with van der Waals surface area (Å²) in [4.78, 5) is 14.0. The molecule has 0 unspecified atom stereocenters. The van der Waals surface area contributed by atoms with Crippen LogP contribution in [0.4, 0.5) is 16.2 Å². The number of urea groups is 1. The summed E-state index contributed by atoms with van der Waals surface area (Å²) in [6, 6.07) is 13.3. The zero-order valence-electron chi connectivity index (χ0n) is 14.6. The van der Waals surface area contributed by atoms with Gasteiger partial charge in [-0.2, -0.15) is 0 Å². The van der Waals surface area contributed by atoms with E-state index in [4.69, 9.17) is 11.6 Å². The van der Waals surface area contributed by atoms with Crippen molar-refractivity contribution in [1.29, 1.82) is 0 Å². The molecule has 2 N–H and O–H groups in total. The molecule has 8 heteroatoms.